The van der Waals surface area contributed by atoms with Crippen LogP contribution in [0.15, 0.2) is 24.3 Å². The van der Waals surface area contributed by atoms with Crippen LogP contribution in [0.4, 0.5) is 5.69 Å². The highest BCUT2D eigenvalue weighted by molar-refractivity contribution is 6.40. The molecule has 2 rings (SSSR count). The summed E-state index contributed by atoms with van der Waals surface area (Å²) in [5.74, 6) is -1.71. The Balaban J connectivity index is 2.03. The van der Waals surface area contributed by atoms with E-state index in [0.717, 1.165) is 19.3 Å². The SMILES string of the molecule is CC[C@@H](C)NC(=O)C(=O)Nc1ccccc1C(=O)NC1CC1. The highest BCUT2D eigenvalue weighted by Gasteiger charge is 2.25. The number of anilines is 1. The number of carbonyl (C=O) groups is 3. The Bertz CT molecular complexity index is 582. The minimum absolute atomic E-state index is 0.0772. The molecule has 22 heavy (non-hydrogen) atoms. The number of amides is 3. The van der Waals surface area contributed by atoms with Gasteiger partial charge in [-0.25, -0.2) is 0 Å². The Labute approximate surface area is 129 Å². The van der Waals surface area contributed by atoms with Gasteiger partial charge in [-0.05, 0) is 38.3 Å². The van der Waals surface area contributed by atoms with Crippen molar-refractivity contribution >= 4 is 23.4 Å². The van der Waals surface area contributed by atoms with Crippen molar-refractivity contribution in [3.05, 3.63) is 29.8 Å². The molecule has 1 aromatic carbocycles. The van der Waals surface area contributed by atoms with Gasteiger partial charge in [0.05, 0.1) is 11.3 Å². The molecule has 3 N–H and O–H groups in total. The number of nitrogens with one attached hydrogen (secondary N) is 3. The summed E-state index contributed by atoms with van der Waals surface area (Å²) in [5.41, 5.74) is 0.698. The van der Waals surface area contributed by atoms with Gasteiger partial charge in [0.25, 0.3) is 5.91 Å². The highest BCUT2D eigenvalue weighted by atomic mass is 16.2. The summed E-state index contributed by atoms with van der Waals surface area (Å²) in [5, 5.41) is 7.96. The first-order valence-corrected chi connectivity index (χ1v) is 7.53. The van der Waals surface area contributed by atoms with Gasteiger partial charge in [-0.3, -0.25) is 14.4 Å². The van der Waals surface area contributed by atoms with Crippen LogP contribution in [0.2, 0.25) is 0 Å². The molecule has 1 atom stereocenters. The van der Waals surface area contributed by atoms with Crippen LogP contribution in [0.5, 0.6) is 0 Å². The molecule has 0 spiro atoms. The van der Waals surface area contributed by atoms with Crippen molar-refractivity contribution in [1.29, 1.82) is 0 Å². The van der Waals surface area contributed by atoms with Crippen LogP contribution in [0.3, 0.4) is 0 Å². The first kappa shape index (κ1) is 16.0. The molecule has 1 aromatic rings. The predicted molar refractivity (Wildman–Crippen MR) is 83.5 cm³/mol. The standard InChI is InChI=1S/C16H21N3O3/c1-3-10(2)17-15(21)16(22)19-13-7-5-4-6-12(13)14(20)18-11-8-9-11/h4-7,10-11H,3,8-9H2,1-2H3,(H,17,21)(H,18,20)(H,19,22)/t10-/m1/s1. The van der Waals surface area contributed by atoms with E-state index in [2.05, 4.69) is 16.0 Å². The molecule has 0 heterocycles. The lowest BCUT2D eigenvalue weighted by Crippen LogP contribution is -2.40. The summed E-state index contributed by atoms with van der Waals surface area (Å²) in [6, 6.07) is 6.81. The van der Waals surface area contributed by atoms with Crippen LogP contribution in [0.1, 0.15) is 43.5 Å². The lowest BCUT2D eigenvalue weighted by atomic mass is 10.1. The molecule has 0 aromatic heterocycles. The predicted octanol–water partition coefficient (Wildman–Crippen LogP) is 1.43. The van der Waals surface area contributed by atoms with E-state index in [1.807, 2.05) is 13.8 Å². The third kappa shape index (κ3) is 4.31. The van der Waals surface area contributed by atoms with Crippen LogP contribution in [-0.4, -0.2) is 29.8 Å². The largest absolute Gasteiger partial charge is 0.349 e. The summed E-state index contributed by atoms with van der Waals surface area (Å²) >= 11 is 0. The van der Waals surface area contributed by atoms with E-state index < -0.39 is 11.8 Å². The average molecular weight is 303 g/mol. The van der Waals surface area contributed by atoms with Gasteiger partial charge < -0.3 is 16.0 Å². The Morgan fingerprint density at radius 3 is 2.50 bits per heavy atom. The lowest BCUT2D eigenvalue weighted by Gasteiger charge is -2.13. The molecule has 1 aliphatic carbocycles. The Morgan fingerprint density at radius 2 is 1.86 bits per heavy atom. The number of rotatable bonds is 5. The van der Waals surface area contributed by atoms with Gasteiger partial charge in [-0.15, -0.1) is 0 Å². The zero-order chi connectivity index (χ0) is 16.1. The van der Waals surface area contributed by atoms with E-state index in [1.54, 1.807) is 24.3 Å². The first-order valence-electron chi connectivity index (χ1n) is 7.53. The fraction of sp³-hybridized carbons (Fsp3) is 0.438. The van der Waals surface area contributed by atoms with Gasteiger partial charge in [-0.2, -0.15) is 0 Å². The topological polar surface area (TPSA) is 87.3 Å². The number of carbonyl (C=O) groups excluding carboxylic acids is 3. The van der Waals surface area contributed by atoms with E-state index in [-0.39, 0.29) is 18.0 Å². The molecule has 0 unspecified atom stereocenters. The monoisotopic (exact) mass is 303 g/mol. The first-order chi connectivity index (χ1) is 10.5. The lowest BCUT2D eigenvalue weighted by molar-refractivity contribution is -0.136. The maximum absolute atomic E-state index is 12.1. The molecule has 1 saturated carbocycles. The molecule has 1 aliphatic rings. The van der Waals surface area contributed by atoms with Crippen molar-refractivity contribution in [2.24, 2.45) is 0 Å². The zero-order valence-electron chi connectivity index (χ0n) is 12.8. The number of para-hydroxylation sites is 1. The van der Waals surface area contributed by atoms with Crippen molar-refractivity contribution in [2.45, 2.75) is 45.2 Å². The summed E-state index contributed by atoms with van der Waals surface area (Å²) < 4.78 is 0. The fourth-order valence-corrected chi connectivity index (χ4v) is 1.85. The number of benzene rings is 1. The number of hydrogen-bond donors (Lipinski definition) is 3. The molecule has 0 radical (unpaired) electrons. The third-order valence-electron chi connectivity index (χ3n) is 3.53. The summed E-state index contributed by atoms with van der Waals surface area (Å²) in [4.78, 5) is 35.8. The minimum Gasteiger partial charge on any atom is -0.349 e. The van der Waals surface area contributed by atoms with Gasteiger partial charge in [0.1, 0.15) is 0 Å². The van der Waals surface area contributed by atoms with Crippen molar-refractivity contribution in [1.82, 2.24) is 10.6 Å². The van der Waals surface area contributed by atoms with Crippen LogP contribution in [0, 0.1) is 0 Å². The fourth-order valence-electron chi connectivity index (χ4n) is 1.85. The van der Waals surface area contributed by atoms with Crippen molar-refractivity contribution in [2.75, 3.05) is 5.32 Å². The molecule has 0 bridgehead atoms. The van der Waals surface area contributed by atoms with Crippen LogP contribution in [0.25, 0.3) is 0 Å². The molecule has 6 nitrogen and oxygen atoms in total. The van der Waals surface area contributed by atoms with Crippen molar-refractivity contribution in [3.63, 3.8) is 0 Å². The van der Waals surface area contributed by atoms with Crippen molar-refractivity contribution in [3.8, 4) is 0 Å². The molecule has 0 saturated heterocycles. The molecule has 1 fully saturated rings. The van der Waals surface area contributed by atoms with E-state index in [0.29, 0.717) is 11.3 Å². The quantitative estimate of drug-likeness (QED) is 0.719. The maximum Gasteiger partial charge on any atom is 0.313 e. The molecular weight excluding hydrogens is 282 g/mol. The molecule has 6 heteroatoms. The summed E-state index contributed by atoms with van der Waals surface area (Å²) in [6.07, 6.45) is 2.70. The van der Waals surface area contributed by atoms with E-state index >= 15 is 0 Å². The minimum atomic E-state index is -0.771. The van der Waals surface area contributed by atoms with Gasteiger partial charge >= 0.3 is 11.8 Å². The molecule has 3 amide bonds. The highest BCUT2D eigenvalue weighted by Crippen LogP contribution is 2.21. The number of hydrogen-bond acceptors (Lipinski definition) is 3. The van der Waals surface area contributed by atoms with E-state index in [1.165, 1.54) is 0 Å². The summed E-state index contributed by atoms with van der Waals surface area (Å²) in [7, 11) is 0. The Morgan fingerprint density at radius 1 is 1.18 bits per heavy atom. The second kappa shape index (κ2) is 7.06. The Hall–Kier alpha value is -2.37. The second-order valence-corrected chi connectivity index (χ2v) is 5.53. The smallest absolute Gasteiger partial charge is 0.313 e. The third-order valence-corrected chi connectivity index (χ3v) is 3.53. The molecule has 0 aliphatic heterocycles. The van der Waals surface area contributed by atoms with Crippen LogP contribution in [-0.2, 0) is 9.59 Å². The van der Waals surface area contributed by atoms with Crippen LogP contribution >= 0.6 is 0 Å². The van der Waals surface area contributed by atoms with Gasteiger partial charge in [-0.1, -0.05) is 19.1 Å². The normalized spacial score (nSPS) is 14.8. The second-order valence-electron chi connectivity index (χ2n) is 5.53. The van der Waals surface area contributed by atoms with Gasteiger partial charge in [0.2, 0.25) is 0 Å². The van der Waals surface area contributed by atoms with E-state index in [9.17, 15) is 14.4 Å². The van der Waals surface area contributed by atoms with Crippen molar-refractivity contribution < 1.29 is 14.4 Å². The molecular formula is C16H21N3O3. The van der Waals surface area contributed by atoms with Crippen LogP contribution < -0.4 is 16.0 Å². The molecule has 118 valence electrons. The average Bonchev–Trinajstić information content (AvgIpc) is 3.31. The van der Waals surface area contributed by atoms with Gasteiger partial charge in [0, 0.05) is 12.1 Å². The Kier molecular flexibility index (Phi) is 5.14. The van der Waals surface area contributed by atoms with E-state index in [4.69, 9.17) is 0 Å². The maximum atomic E-state index is 12.1. The zero-order valence-corrected chi connectivity index (χ0v) is 12.8. The van der Waals surface area contributed by atoms with Gasteiger partial charge in [0.15, 0.2) is 0 Å². The summed E-state index contributed by atoms with van der Waals surface area (Å²) in [6.45, 7) is 3.74.